The second-order valence-corrected chi connectivity index (χ2v) is 7.24. The van der Waals surface area contributed by atoms with Gasteiger partial charge < -0.3 is 9.73 Å². The molecule has 30 heavy (non-hydrogen) atoms. The van der Waals surface area contributed by atoms with Gasteiger partial charge in [-0.1, -0.05) is 23.9 Å². The Morgan fingerprint density at radius 3 is 2.57 bits per heavy atom. The minimum atomic E-state index is -0.420. The van der Waals surface area contributed by atoms with Crippen LogP contribution in [-0.4, -0.2) is 26.4 Å². The molecular weight excluding hydrogens is 410 g/mol. The molecule has 6 nitrogen and oxygen atoms in total. The van der Waals surface area contributed by atoms with Crippen molar-refractivity contribution in [1.29, 1.82) is 0 Å². The van der Waals surface area contributed by atoms with Crippen LogP contribution in [0.5, 0.6) is 0 Å². The molecule has 0 unspecified atom stereocenters. The largest absolute Gasteiger partial charge is 0.467 e. The van der Waals surface area contributed by atoms with Gasteiger partial charge in [0.1, 0.15) is 17.4 Å². The molecule has 0 fully saturated rings. The van der Waals surface area contributed by atoms with Gasteiger partial charge in [-0.2, -0.15) is 0 Å². The molecule has 1 amide bonds. The molecule has 2 heterocycles. The zero-order valence-electron chi connectivity index (χ0n) is 15.6. The van der Waals surface area contributed by atoms with Crippen molar-refractivity contribution in [1.82, 2.24) is 14.8 Å². The fourth-order valence-corrected chi connectivity index (χ4v) is 3.54. The molecule has 0 aliphatic carbocycles. The van der Waals surface area contributed by atoms with Gasteiger partial charge in [0, 0.05) is 5.69 Å². The molecule has 0 radical (unpaired) electrons. The van der Waals surface area contributed by atoms with Crippen LogP contribution in [0.1, 0.15) is 5.76 Å². The van der Waals surface area contributed by atoms with E-state index in [-0.39, 0.29) is 24.0 Å². The summed E-state index contributed by atoms with van der Waals surface area (Å²) < 4.78 is 34.4. The topological polar surface area (TPSA) is 73.0 Å². The third-order valence-electron chi connectivity index (χ3n) is 4.19. The number of rotatable bonds is 7. The first-order chi connectivity index (χ1) is 14.6. The fourth-order valence-electron chi connectivity index (χ4n) is 2.80. The van der Waals surface area contributed by atoms with Crippen LogP contribution in [0.15, 0.2) is 76.5 Å². The van der Waals surface area contributed by atoms with Crippen molar-refractivity contribution in [2.24, 2.45) is 0 Å². The molecule has 2 aromatic carbocycles. The van der Waals surface area contributed by atoms with Gasteiger partial charge in [-0.05, 0) is 48.5 Å². The van der Waals surface area contributed by atoms with E-state index in [1.807, 2.05) is 0 Å². The van der Waals surface area contributed by atoms with E-state index in [9.17, 15) is 13.6 Å². The van der Waals surface area contributed by atoms with Gasteiger partial charge in [0.2, 0.25) is 5.91 Å². The number of nitrogens with one attached hydrogen (secondary N) is 1. The quantitative estimate of drug-likeness (QED) is 0.438. The van der Waals surface area contributed by atoms with Gasteiger partial charge in [0.15, 0.2) is 11.0 Å². The molecule has 0 aliphatic heterocycles. The minimum Gasteiger partial charge on any atom is -0.467 e. The predicted octanol–water partition coefficient (Wildman–Crippen LogP) is 4.60. The van der Waals surface area contributed by atoms with Crippen LogP contribution in [0.3, 0.4) is 0 Å². The van der Waals surface area contributed by atoms with E-state index in [0.29, 0.717) is 28.0 Å². The van der Waals surface area contributed by atoms with Crippen LogP contribution in [-0.2, 0) is 11.3 Å². The highest BCUT2D eigenvalue weighted by Crippen LogP contribution is 2.27. The average molecular weight is 426 g/mol. The predicted molar refractivity (Wildman–Crippen MR) is 109 cm³/mol. The molecule has 0 saturated heterocycles. The highest BCUT2D eigenvalue weighted by Gasteiger charge is 2.19. The highest BCUT2D eigenvalue weighted by atomic mass is 32.2. The first-order valence-corrected chi connectivity index (χ1v) is 9.97. The van der Waals surface area contributed by atoms with Crippen molar-refractivity contribution < 1.29 is 18.0 Å². The molecule has 1 N–H and O–H groups in total. The summed E-state index contributed by atoms with van der Waals surface area (Å²) in [6.45, 7) is 0.283. The van der Waals surface area contributed by atoms with E-state index in [1.54, 1.807) is 41.2 Å². The van der Waals surface area contributed by atoms with Gasteiger partial charge in [0.25, 0.3) is 0 Å². The maximum Gasteiger partial charge on any atom is 0.234 e. The lowest BCUT2D eigenvalue weighted by molar-refractivity contribution is -0.113. The molecule has 2 aromatic heterocycles. The Hall–Kier alpha value is -3.46. The van der Waals surface area contributed by atoms with E-state index in [4.69, 9.17) is 4.42 Å². The first kappa shape index (κ1) is 19.8. The van der Waals surface area contributed by atoms with Crippen molar-refractivity contribution in [3.8, 4) is 11.4 Å². The van der Waals surface area contributed by atoms with Crippen molar-refractivity contribution in [3.63, 3.8) is 0 Å². The Morgan fingerprint density at radius 1 is 1.03 bits per heavy atom. The second kappa shape index (κ2) is 8.91. The number of halogens is 2. The van der Waals surface area contributed by atoms with E-state index < -0.39 is 5.82 Å². The van der Waals surface area contributed by atoms with Crippen molar-refractivity contribution in [3.05, 3.63) is 84.3 Å². The van der Waals surface area contributed by atoms with Crippen LogP contribution < -0.4 is 5.32 Å². The van der Waals surface area contributed by atoms with Crippen molar-refractivity contribution in [2.45, 2.75) is 11.7 Å². The maximum absolute atomic E-state index is 14.3. The Labute approximate surface area is 174 Å². The fraction of sp³-hybridized carbons (Fsp3) is 0.0952. The first-order valence-electron chi connectivity index (χ1n) is 8.99. The third-order valence-corrected chi connectivity index (χ3v) is 5.15. The Balaban J connectivity index is 1.54. The zero-order valence-corrected chi connectivity index (χ0v) is 16.4. The number of thioether (sulfide) groups is 1. The van der Waals surface area contributed by atoms with E-state index >= 15 is 0 Å². The summed E-state index contributed by atoms with van der Waals surface area (Å²) in [5.74, 6) is -0.0573. The van der Waals surface area contributed by atoms with Crippen LogP contribution in [0.2, 0.25) is 0 Å². The minimum absolute atomic E-state index is 0.0466. The lowest BCUT2D eigenvalue weighted by Crippen LogP contribution is -2.14. The van der Waals surface area contributed by atoms with Gasteiger partial charge in [-0.25, -0.2) is 8.78 Å². The van der Waals surface area contributed by atoms with Crippen LogP contribution >= 0.6 is 11.8 Å². The van der Waals surface area contributed by atoms with E-state index in [1.165, 1.54) is 30.3 Å². The number of benzene rings is 2. The highest BCUT2D eigenvalue weighted by molar-refractivity contribution is 7.99. The number of anilines is 1. The molecule has 0 saturated carbocycles. The second-order valence-electron chi connectivity index (χ2n) is 6.30. The van der Waals surface area contributed by atoms with Crippen molar-refractivity contribution in [2.75, 3.05) is 11.1 Å². The van der Waals surface area contributed by atoms with Gasteiger partial charge in [0.05, 0.1) is 24.1 Å². The summed E-state index contributed by atoms with van der Waals surface area (Å²) in [4.78, 5) is 12.3. The third kappa shape index (κ3) is 4.57. The molecule has 0 spiro atoms. The van der Waals surface area contributed by atoms with Crippen LogP contribution in [0.25, 0.3) is 11.4 Å². The molecule has 0 atom stereocenters. The number of amides is 1. The SMILES string of the molecule is O=C(CSc1nnc(-c2ccccc2F)n1Cc1ccco1)Nc1ccc(F)cc1. The molecular formula is C21H16F2N4O2S. The average Bonchev–Trinajstić information content (AvgIpc) is 3.39. The monoisotopic (exact) mass is 426 g/mol. The Kier molecular flexibility index (Phi) is 5.89. The summed E-state index contributed by atoms with van der Waals surface area (Å²) in [5.41, 5.74) is 0.797. The normalized spacial score (nSPS) is 10.9. The number of carbonyl (C=O) groups is 1. The smallest absolute Gasteiger partial charge is 0.234 e. The number of nitrogens with zero attached hydrogens (tertiary/aromatic N) is 3. The maximum atomic E-state index is 14.3. The molecule has 0 bridgehead atoms. The molecule has 4 rings (SSSR count). The van der Waals surface area contributed by atoms with Gasteiger partial charge in [-0.3, -0.25) is 9.36 Å². The number of furan rings is 1. The molecule has 9 heteroatoms. The van der Waals surface area contributed by atoms with Crippen LogP contribution in [0, 0.1) is 11.6 Å². The summed E-state index contributed by atoms with van der Waals surface area (Å²) in [5, 5.41) is 11.4. The van der Waals surface area contributed by atoms with Crippen LogP contribution in [0.4, 0.5) is 14.5 Å². The molecule has 152 valence electrons. The van der Waals surface area contributed by atoms with E-state index in [2.05, 4.69) is 15.5 Å². The number of hydrogen-bond donors (Lipinski definition) is 1. The number of aromatic nitrogens is 3. The Bertz CT molecular complexity index is 1140. The summed E-state index contributed by atoms with van der Waals surface area (Å²) in [6.07, 6.45) is 1.55. The summed E-state index contributed by atoms with van der Waals surface area (Å²) in [6, 6.07) is 15.3. The van der Waals surface area contributed by atoms with Crippen molar-refractivity contribution >= 4 is 23.4 Å². The lowest BCUT2D eigenvalue weighted by atomic mass is 10.2. The van der Waals surface area contributed by atoms with Gasteiger partial charge >= 0.3 is 0 Å². The zero-order chi connectivity index (χ0) is 20.9. The molecule has 4 aromatic rings. The van der Waals surface area contributed by atoms with E-state index in [0.717, 1.165) is 11.8 Å². The van der Waals surface area contributed by atoms with Gasteiger partial charge in [-0.15, -0.1) is 10.2 Å². The Morgan fingerprint density at radius 2 is 1.83 bits per heavy atom. The number of carbonyl (C=O) groups excluding carboxylic acids is 1. The summed E-state index contributed by atoms with van der Waals surface area (Å²) >= 11 is 1.16. The molecule has 0 aliphatic rings. The number of hydrogen-bond acceptors (Lipinski definition) is 5. The standard InChI is InChI=1S/C21H16F2N4O2S/c22-14-7-9-15(10-8-14)24-19(28)13-30-21-26-25-20(17-5-1-2-6-18(17)23)27(21)12-16-4-3-11-29-16/h1-11H,12-13H2,(H,24,28). The lowest BCUT2D eigenvalue weighted by Gasteiger charge is -2.09. The summed E-state index contributed by atoms with van der Waals surface area (Å²) in [7, 11) is 0.